The van der Waals surface area contributed by atoms with Crippen molar-refractivity contribution in [2.45, 2.75) is 19.9 Å². The number of ketones is 1. The van der Waals surface area contributed by atoms with Crippen LogP contribution in [0.15, 0.2) is 18.2 Å². The Kier molecular flexibility index (Phi) is 8.57. The van der Waals surface area contributed by atoms with E-state index in [0.29, 0.717) is 6.54 Å². The molecular weight excluding hydrogens is 270 g/mol. The quantitative estimate of drug-likeness (QED) is 0.661. The van der Waals surface area contributed by atoms with Gasteiger partial charge in [-0.05, 0) is 17.7 Å². The lowest BCUT2D eigenvalue weighted by molar-refractivity contribution is -0.131. The van der Waals surface area contributed by atoms with Gasteiger partial charge in [0.05, 0.1) is 14.2 Å². The highest BCUT2D eigenvalue weighted by molar-refractivity contribution is 6.81. The molecular formula is C13H18ClNO4. The van der Waals surface area contributed by atoms with E-state index in [0.717, 1.165) is 17.1 Å². The van der Waals surface area contributed by atoms with E-state index < -0.39 is 11.0 Å². The zero-order valence-electron chi connectivity index (χ0n) is 11.2. The molecule has 0 aliphatic rings. The van der Waals surface area contributed by atoms with Gasteiger partial charge in [0.2, 0.25) is 5.78 Å². The first-order chi connectivity index (χ1) is 9.01. The van der Waals surface area contributed by atoms with E-state index in [9.17, 15) is 9.59 Å². The first kappa shape index (κ1) is 17.4. The summed E-state index contributed by atoms with van der Waals surface area (Å²) in [6.07, 6.45) is 0.197. The molecule has 0 aromatic heterocycles. The van der Waals surface area contributed by atoms with Crippen molar-refractivity contribution in [3.05, 3.63) is 23.8 Å². The zero-order valence-corrected chi connectivity index (χ0v) is 12.0. The van der Waals surface area contributed by atoms with Crippen molar-refractivity contribution in [1.82, 2.24) is 0 Å². The summed E-state index contributed by atoms with van der Waals surface area (Å²) in [7, 11) is 3.22. The fourth-order valence-electron chi connectivity index (χ4n) is 1.25. The molecule has 0 spiro atoms. The highest BCUT2D eigenvalue weighted by Crippen LogP contribution is 2.29. The van der Waals surface area contributed by atoms with Crippen molar-refractivity contribution in [1.29, 1.82) is 0 Å². The van der Waals surface area contributed by atoms with Crippen LogP contribution in [-0.2, 0) is 16.1 Å². The molecule has 0 saturated heterocycles. The Morgan fingerprint density at radius 2 is 1.89 bits per heavy atom. The van der Waals surface area contributed by atoms with Gasteiger partial charge in [-0.25, -0.2) is 0 Å². The SMILES string of the molecule is CCC(=O)C(=O)Cl.COc1cccc(CN)c1OC. The Morgan fingerprint density at radius 3 is 2.21 bits per heavy atom. The summed E-state index contributed by atoms with van der Waals surface area (Å²) < 4.78 is 10.3. The van der Waals surface area contributed by atoms with Crippen LogP contribution in [0.2, 0.25) is 0 Å². The number of para-hydroxylation sites is 1. The van der Waals surface area contributed by atoms with Gasteiger partial charge in [0.1, 0.15) is 0 Å². The number of carbonyl (C=O) groups excluding carboxylic acids is 2. The monoisotopic (exact) mass is 287 g/mol. The van der Waals surface area contributed by atoms with E-state index in [2.05, 4.69) is 0 Å². The van der Waals surface area contributed by atoms with Crippen molar-refractivity contribution in [3.8, 4) is 11.5 Å². The molecule has 106 valence electrons. The van der Waals surface area contributed by atoms with Gasteiger partial charge in [-0.1, -0.05) is 19.1 Å². The number of carbonyl (C=O) groups is 2. The Morgan fingerprint density at radius 1 is 1.26 bits per heavy atom. The summed E-state index contributed by atoms with van der Waals surface area (Å²) in [6.45, 7) is 2.04. The second-order valence-corrected chi connectivity index (χ2v) is 3.75. The Labute approximate surface area is 117 Å². The van der Waals surface area contributed by atoms with Crippen molar-refractivity contribution < 1.29 is 19.1 Å². The maximum atomic E-state index is 10.0. The highest BCUT2D eigenvalue weighted by atomic mass is 35.5. The summed E-state index contributed by atoms with van der Waals surface area (Å²) >= 11 is 4.74. The number of methoxy groups -OCH3 is 2. The smallest absolute Gasteiger partial charge is 0.288 e. The van der Waals surface area contributed by atoms with Gasteiger partial charge in [0.15, 0.2) is 11.5 Å². The Bertz CT molecular complexity index is 412. The lowest BCUT2D eigenvalue weighted by Crippen LogP contribution is -2.03. The molecule has 1 aromatic carbocycles. The van der Waals surface area contributed by atoms with Crippen LogP contribution in [0.5, 0.6) is 11.5 Å². The van der Waals surface area contributed by atoms with E-state index in [4.69, 9.17) is 26.8 Å². The average molecular weight is 288 g/mol. The summed E-state index contributed by atoms with van der Waals surface area (Å²) in [4.78, 5) is 19.8. The molecule has 0 aliphatic heterocycles. The van der Waals surface area contributed by atoms with Gasteiger partial charge in [-0.2, -0.15) is 0 Å². The number of benzene rings is 1. The van der Waals surface area contributed by atoms with E-state index in [1.54, 1.807) is 21.1 Å². The summed E-state index contributed by atoms with van der Waals surface area (Å²) in [6, 6.07) is 5.66. The number of halogens is 1. The van der Waals surface area contributed by atoms with E-state index >= 15 is 0 Å². The number of hydrogen-bond donors (Lipinski definition) is 1. The van der Waals surface area contributed by atoms with Crippen LogP contribution in [0.3, 0.4) is 0 Å². The molecule has 1 rings (SSSR count). The molecule has 0 bridgehead atoms. The van der Waals surface area contributed by atoms with E-state index in [1.807, 2.05) is 18.2 Å². The summed E-state index contributed by atoms with van der Waals surface area (Å²) in [5, 5.41) is -0.873. The third kappa shape index (κ3) is 5.72. The van der Waals surface area contributed by atoms with Crippen LogP contribution >= 0.6 is 11.6 Å². The molecule has 0 unspecified atom stereocenters. The van der Waals surface area contributed by atoms with Gasteiger partial charge in [-0.3, -0.25) is 9.59 Å². The second-order valence-electron chi connectivity index (χ2n) is 3.41. The molecule has 0 saturated carbocycles. The molecule has 6 heteroatoms. The predicted molar refractivity (Wildman–Crippen MR) is 73.6 cm³/mol. The Balaban J connectivity index is 0.000000399. The standard InChI is InChI=1S/C9H13NO2.C4H5ClO2/c1-11-8-5-3-4-7(6-10)9(8)12-2;1-2-3(6)4(5)7/h3-5H,6,10H2,1-2H3;2H2,1H3. The molecule has 0 fully saturated rings. The fraction of sp³-hybridized carbons (Fsp3) is 0.385. The molecule has 0 amide bonds. The largest absolute Gasteiger partial charge is 0.493 e. The average Bonchev–Trinajstić information content (AvgIpc) is 2.45. The van der Waals surface area contributed by atoms with Gasteiger partial charge in [0, 0.05) is 18.5 Å². The molecule has 1 aromatic rings. The number of nitrogens with two attached hydrogens (primary N) is 1. The van der Waals surface area contributed by atoms with Crippen LogP contribution in [0, 0.1) is 0 Å². The van der Waals surface area contributed by atoms with Crippen molar-refractivity contribution in [2.24, 2.45) is 5.73 Å². The van der Waals surface area contributed by atoms with Crippen LogP contribution < -0.4 is 15.2 Å². The normalized spacial score (nSPS) is 9.11. The third-order valence-corrected chi connectivity index (χ3v) is 2.46. The molecule has 0 heterocycles. The van der Waals surface area contributed by atoms with Crippen LogP contribution in [0.1, 0.15) is 18.9 Å². The van der Waals surface area contributed by atoms with Gasteiger partial charge >= 0.3 is 0 Å². The lowest BCUT2D eigenvalue weighted by atomic mass is 10.2. The molecule has 0 aliphatic carbocycles. The number of Topliss-reactive ketones (excluding diaryl/α,β-unsaturated/α-hetero) is 1. The second kappa shape index (κ2) is 9.35. The first-order valence-electron chi connectivity index (χ1n) is 5.64. The highest BCUT2D eigenvalue weighted by Gasteiger charge is 2.06. The van der Waals surface area contributed by atoms with Crippen LogP contribution in [0.4, 0.5) is 0 Å². The zero-order chi connectivity index (χ0) is 14.8. The summed E-state index contributed by atoms with van der Waals surface area (Å²) in [5.41, 5.74) is 6.47. The van der Waals surface area contributed by atoms with Gasteiger partial charge < -0.3 is 15.2 Å². The lowest BCUT2D eigenvalue weighted by Gasteiger charge is -2.10. The predicted octanol–water partition coefficient (Wildman–Crippen LogP) is 1.89. The number of rotatable bonds is 5. The van der Waals surface area contributed by atoms with Crippen molar-refractivity contribution in [3.63, 3.8) is 0 Å². The molecule has 0 atom stereocenters. The first-order valence-corrected chi connectivity index (χ1v) is 6.02. The summed E-state index contributed by atoms with van der Waals surface area (Å²) in [5.74, 6) is 0.921. The number of hydrogen-bond acceptors (Lipinski definition) is 5. The van der Waals surface area contributed by atoms with Gasteiger partial charge in [0.25, 0.3) is 5.24 Å². The molecule has 5 nitrogen and oxygen atoms in total. The maximum Gasteiger partial charge on any atom is 0.288 e. The fourth-order valence-corrected chi connectivity index (χ4v) is 1.39. The minimum atomic E-state index is -0.873. The Hall–Kier alpha value is -1.59. The minimum absolute atomic E-state index is 0.197. The molecule has 19 heavy (non-hydrogen) atoms. The van der Waals surface area contributed by atoms with E-state index in [1.165, 1.54) is 0 Å². The minimum Gasteiger partial charge on any atom is -0.493 e. The third-order valence-electron chi connectivity index (χ3n) is 2.24. The van der Waals surface area contributed by atoms with Crippen molar-refractivity contribution in [2.75, 3.05) is 14.2 Å². The molecule has 2 N–H and O–H groups in total. The molecule has 0 radical (unpaired) electrons. The van der Waals surface area contributed by atoms with Crippen LogP contribution in [0.25, 0.3) is 0 Å². The van der Waals surface area contributed by atoms with Gasteiger partial charge in [-0.15, -0.1) is 0 Å². The topological polar surface area (TPSA) is 78.6 Å². The van der Waals surface area contributed by atoms with Crippen molar-refractivity contribution >= 4 is 22.6 Å². The maximum absolute atomic E-state index is 10.0. The van der Waals surface area contributed by atoms with E-state index in [-0.39, 0.29) is 6.42 Å². The van der Waals surface area contributed by atoms with Crippen LogP contribution in [-0.4, -0.2) is 25.2 Å². The number of ether oxygens (including phenoxy) is 2.